The summed E-state index contributed by atoms with van der Waals surface area (Å²) in [6, 6.07) is 1.26. The van der Waals surface area contributed by atoms with E-state index in [0.29, 0.717) is 11.4 Å². The topological polar surface area (TPSA) is 53.1 Å². The standard InChI is InChI=1S/C11H10ClF2N3O/c1-17-11(15)6(4-16-17)5-3-7(12)8(13)9(14)10(5)18-2/h3-4H,15H2,1-2H3. The average molecular weight is 274 g/mol. The van der Waals surface area contributed by atoms with Gasteiger partial charge in [-0.2, -0.15) is 9.49 Å². The van der Waals surface area contributed by atoms with Gasteiger partial charge in [-0.1, -0.05) is 11.6 Å². The van der Waals surface area contributed by atoms with Crippen molar-refractivity contribution in [3.8, 4) is 16.9 Å². The predicted octanol–water partition coefficient (Wildman–Crippen LogP) is 2.61. The highest BCUT2D eigenvalue weighted by Crippen LogP contribution is 2.39. The summed E-state index contributed by atoms with van der Waals surface area (Å²) < 4.78 is 33.3. The molecule has 7 heteroatoms. The number of nitrogens with zero attached hydrogens (tertiary/aromatic N) is 2. The third-order valence-electron chi connectivity index (χ3n) is 2.60. The molecular formula is C11H10ClF2N3O. The van der Waals surface area contributed by atoms with Crippen LogP contribution < -0.4 is 10.5 Å². The number of aromatic nitrogens is 2. The van der Waals surface area contributed by atoms with Crippen molar-refractivity contribution in [1.82, 2.24) is 9.78 Å². The Kier molecular flexibility index (Phi) is 3.13. The molecule has 1 aromatic heterocycles. The molecule has 0 aliphatic heterocycles. The molecule has 18 heavy (non-hydrogen) atoms. The molecule has 0 unspecified atom stereocenters. The summed E-state index contributed by atoms with van der Waals surface area (Å²) in [5.74, 6) is -2.25. The van der Waals surface area contributed by atoms with Crippen LogP contribution in [0.25, 0.3) is 11.1 Å². The van der Waals surface area contributed by atoms with Crippen LogP contribution in [0.15, 0.2) is 12.3 Å². The van der Waals surface area contributed by atoms with Crippen molar-refractivity contribution in [3.63, 3.8) is 0 Å². The fraction of sp³-hybridized carbons (Fsp3) is 0.182. The van der Waals surface area contributed by atoms with Gasteiger partial charge in [-0.25, -0.2) is 4.39 Å². The molecule has 0 bridgehead atoms. The van der Waals surface area contributed by atoms with Crippen LogP contribution in [0, 0.1) is 11.6 Å². The number of methoxy groups -OCH3 is 1. The van der Waals surface area contributed by atoms with E-state index >= 15 is 0 Å². The molecule has 0 saturated heterocycles. The van der Waals surface area contributed by atoms with Crippen molar-refractivity contribution < 1.29 is 13.5 Å². The van der Waals surface area contributed by atoms with Crippen molar-refractivity contribution in [2.24, 2.45) is 7.05 Å². The summed E-state index contributed by atoms with van der Waals surface area (Å²) in [5.41, 5.74) is 6.46. The molecule has 0 saturated carbocycles. The monoisotopic (exact) mass is 273 g/mol. The first-order chi connectivity index (χ1) is 8.47. The Balaban J connectivity index is 2.75. The fourth-order valence-corrected chi connectivity index (χ4v) is 1.82. The molecule has 1 aromatic carbocycles. The Bertz CT molecular complexity index is 613. The number of aryl methyl sites for hydroxylation is 1. The number of halogens is 3. The van der Waals surface area contributed by atoms with Crippen LogP contribution in [0.2, 0.25) is 5.02 Å². The summed E-state index contributed by atoms with van der Waals surface area (Å²) in [5, 5.41) is 3.59. The zero-order chi connectivity index (χ0) is 13.4. The van der Waals surface area contributed by atoms with E-state index in [1.54, 1.807) is 7.05 Å². The van der Waals surface area contributed by atoms with Gasteiger partial charge in [-0.05, 0) is 6.07 Å². The molecule has 0 aliphatic carbocycles. The van der Waals surface area contributed by atoms with Gasteiger partial charge in [0, 0.05) is 18.2 Å². The molecule has 96 valence electrons. The molecule has 2 aromatic rings. The number of ether oxygens (including phenoxy) is 1. The van der Waals surface area contributed by atoms with E-state index in [2.05, 4.69) is 5.10 Å². The summed E-state index contributed by atoms with van der Waals surface area (Å²) >= 11 is 5.62. The number of rotatable bonds is 2. The second kappa shape index (κ2) is 4.45. The van der Waals surface area contributed by atoms with E-state index in [-0.39, 0.29) is 16.3 Å². The van der Waals surface area contributed by atoms with Gasteiger partial charge in [-0.3, -0.25) is 4.68 Å². The quantitative estimate of drug-likeness (QED) is 0.856. The van der Waals surface area contributed by atoms with Crippen LogP contribution >= 0.6 is 11.6 Å². The fourth-order valence-electron chi connectivity index (χ4n) is 1.63. The first-order valence-corrected chi connectivity index (χ1v) is 5.34. The van der Waals surface area contributed by atoms with Gasteiger partial charge in [0.2, 0.25) is 5.82 Å². The lowest BCUT2D eigenvalue weighted by Gasteiger charge is -2.10. The Morgan fingerprint density at radius 2 is 2.00 bits per heavy atom. The zero-order valence-electron chi connectivity index (χ0n) is 9.67. The average Bonchev–Trinajstić information content (AvgIpc) is 2.67. The van der Waals surface area contributed by atoms with Gasteiger partial charge < -0.3 is 10.5 Å². The minimum absolute atomic E-state index is 0.253. The van der Waals surface area contributed by atoms with Crippen molar-refractivity contribution in [3.05, 3.63) is 28.9 Å². The number of nitrogens with two attached hydrogens (primary N) is 1. The third kappa shape index (κ3) is 1.78. The van der Waals surface area contributed by atoms with E-state index < -0.39 is 11.6 Å². The first-order valence-electron chi connectivity index (χ1n) is 4.96. The van der Waals surface area contributed by atoms with Gasteiger partial charge in [0.05, 0.1) is 18.3 Å². The summed E-state index contributed by atoms with van der Waals surface area (Å²) in [6.07, 6.45) is 1.43. The number of hydrogen-bond donors (Lipinski definition) is 1. The van der Waals surface area contributed by atoms with E-state index in [4.69, 9.17) is 22.1 Å². The van der Waals surface area contributed by atoms with Crippen molar-refractivity contribution >= 4 is 17.4 Å². The largest absolute Gasteiger partial charge is 0.493 e. The van der Waals surface area contributed by atoms with Gasteiger partial charge in [0.1, 0.15) is 5.82 Å². The lowest BCUT2D eigenvalue weighted by atomic mass is 10.1. The third-order valence-corrected chi connectivity index (χ3v) is 2.87. The van der Waals surface area contributed by atoms with Crippen LogP contribution in [-0.4, -0.2) is 16.9 Å². The molecule has 2 rings (SSSR count). The first kappa shape index (κ1) is 12.6. The summed E-state index contributed by atoms with van der Waals surface area (Å²) in [6.45, 7) is 0. The minimum Gasteiger partial charge on any atom is -0.493 e. The number of nitrogen functional groups attached to an aromatic ring is 1. The maximum Gasteiger partial charge on any atom is 0.202 e. The maximum absolute atomic E-state index is 13.7. The van der Waals surface area contributed by atoms with Crippen LogP contribution in [0.5, 0.6) is 5.75 Å². The normalized spacial score (nSPS) is 10.7. The van der Waals surface area contributed by atoms with Crippen LogP contribution in [0.3, 0.4) is 0 Å². The number of anilines is 1. The molecule has 2 N–H and O–H groups in total. The zero-order valence-corrected chi connectivity index (χ0v) is 10.4. The molecule has 0 fully saturated rings. The summed E-state index contributed by atoms with van der Waals surface area (Å²) in [4.78, 5) is 0. The Morgan fingerprint density at radius 1 is 1.33 bits per heavy atom. The van der Waals surface area contributed by atoms with Gasteiger partial charge >= 0.3 is 0 Å². The lowest BCUT2D eigenvalue weighted by molar-refractivity contribution is 0.373. The smallest absolute Gasteiger partial charge is 0.202 e. The van der Waals surface area contributed by atoms with Gasteiger partial charge in [-0.15, -0.1) is 0 Å². The highest BCUT2D eigenvalue weighted by molar-refractivity contribution is 6.31. The van der Waals surface area contributed by atoms with Gasteiger partial charge in [0.15, 0.2) is 11.6 Å². The summed E-state index contributed by atoms with van der Waals surface area (Å²) in [7, 11) is 2.87. The van der Waals surface area contributed by atoms with E-state index in [0.717, 1.165) is 0 Å². The van der Waals surface area contributed by atoms with Gasteiger partial charge in [0.25, 0.3) is 0 Å². The molecule has 0 aliphatic rings. The predicted molar refractivity (Wildman–Crippen MR) is 64.5 cm³/mol. The molecule has 0 amide bonds. The lowest BCUT2D eigenvalue weighted by Crippen LogP contribution is -2.00. The minimum atomic E-state index is -1.15. The Labute approximate surface area is 107 Å². The molecule has 0 radical (unpaired) electrons. The highest BCUT2D eigenvalue weighted by Gasteiger charge is 2.21. The van der Waals surface area contributed by atoms with Crippen LogP contribution in [-0.2, 0) is 7.05 Å². The second-order valence-electron chi connectivity index (χ2n) is 3.63. The van der Waals surface area contributed by atoms with Crippen molar-refractivity contribution in [2.45, 2.75) is 0 Å². The maximum atomic E-state index is 13.7. The highest BCUT2D eigenvalue weighted by atomic mass is 35.5. The SMILES string of the molecule is COc1c(-c2cnn(C)c2N)cc(Cl)c(F)c1F. The van der Waals surface area contributed by atoms with Crippen LogP contribution in [0.1, 0.15) is 0 Å². The Morgan fingerprint density at radius 3 is 2.50 bits per heavy atom. The number of hydrogen-bond acceptors (Lipinski definition) is 3. The van der Waals surface area contributed by atoms with Crippen molar-refractivity contribution in [2.75, 3.05) is 12.8 Å². The van der Waals surface area contributed by atoms with Crippen LogP contribution in [0.4, 0.5) is 14.6 Å². The number of benzene rings is 1. The second-order valence-corrected chi connectivity index (χ2v) is 4.04. The molecule has 0 spiro atoms. The molecular weight excluding hydrogens is 264 g/mol. The van der Waals surface area contributed by atoms with E-state index in [1.165, 1.54) is 24.1 Å². The Hall–Kier alpha value is -1.82. The van der Waals surface area contributed by atoms with E-state index in [1.807, 2.05) is 0 Å². The van der Waals surface area contributed by atoms with Crippen molar-refractivity contribution in [1.29, 1.82) is 0 Å². The van der Waals surface area contributed by atoms with E-state index in [9.17, 15) is 8.78 Å². The molecule has 0 atom stereocenters. The molecule has 4 nitrogen and oxygen atoms in total. The molecule has 1 heterocycles.